The van der Waals surface area contributed by atoms with Crippen molar-refractivity contribution in [2.45, 2.75) is 58.6 Å². The second-order valence-corrected chi connectivity index (χ2v) is 10.0. The minimum absolute atomic E-state index is 0.0853. The lowest BCUT2D eigenvalue weighted by atomic mass is 9.90. The van der Waals surface area contributed by atoms with Gasteiger partial charge in [0, 0.05) is 12.8 Å². The highest BCUT2D eigenvalue weighted by molar-refractivity contribution is 7.91. The Morgan fingerprint density at radius 2 is 1.74 bits per heavy atom. The molecule has 1 rings (SSSR count). The van der Waals surface area contributed by atoms with Crippen molar-refractivity contribution in [3.05, 3.63) is 11.8 Å². The Bertz CT molecular complexity index is 642. The third kappa shape index (κ3) is 5.60. The van der Waals surface area contributed by atoms with Crippen LogP contribution in [0.4, 0.5) is 0 Å². The van der Waals surface area contributed by atoms with Gasteiger partial charge in [-0.1, -0.05) is 27.2 Å². The lowest BCUT2D eigenvalue weighted by Crippen LogP contribution is -2.28. The second-order valence-electron chi connectivity index (χ2n) is 7.47. The molecular weight excluding hydrogens is 318 g/mol. The lowest BCUT2D eigenvalue weighted by molar-refractivity contribution is 0.0915. The van der Waals surface area contributed by atoms with E-state index in [1.807, 2.05) is 0 Å². The number of hydrogen-bond acceptors (Lipinski definition) is 6. The Hall–Kier alpha value is -1.44. The number of aromatic nitrogens is 2. The summed E-state index contributed by atoms with van der Waals surface area (Å²) in [5.74, 6) is -0.783. The van der Waals surface area contributed by atoms with Gasteiger partial charge in [0.1, 0.15) is 4.75 Å². The molecule has 1 amide bonds. The first-order valence-corrected chi connectivity index (χ1v) is 9.55. The molecule has 0 aromatic carbocycles. The zero-order chi connectivity index (χ0) is 17.9. The van der Waals surface area contributed by atoms with Crippen LogP contribution >= 0.6 is 0 Å². The van der Waals surface area contributed by atoms with Crippen LogP contribution in [0.15, 0.2) is 4.42 Å². The lowest BCUT2D eigenvalue weighted by Gasteiger charge is -2.17. The van der Waals surface area contributed by atoms with Crippen LogP contribution in [0.25, 0.3) is 0 Å². The van der Waals surface area contributed by atoms with Crippen molar-refractivity contribution in [2.24, 2.45) is 5.41 Å². The normalized spacial score (nSPS) is 13.1. The quantitative estimate of drug-likeness (QED) is 0.761. The predicted octanol–water partition coefficient (Wildman–Crippen LogP) is 2.30. The Morgan fingerprint density at radius 1 is 1.13 bits per heavy atom. The molecule has 0 aliphatic carbocycles. The number of carbonyl (C=O) groups is 1. The molecule has 1 N–H and O–H groups in total. The molecule has 0 spiro atoms. The van der Waals surface area contributed by atoms with Crippen molar-refractivity contribution in [3.8, 4) is 0 Å². The van der Waals surface area contributed by atoms with E-state index in [9.17, 15) is 13.2 Å². The van der Waals surface area contributed by atoms with Crippen LogP contribution in [0.1, 0.15) is 70.5 Å². The molecule has 7 nitrogen and oxygen atoms in total. The first-order valence-electron chi connectivity index (χ1n) is 7.66. The standard InChI is InChI=1S/C15H27N3O4S/c1-14(2,3)9-7-8-10-16-11(19)12-17-18-13(22-12)15(4,5)23(6,20)21/h7-10H2,1-6H3,(H,16,19). The maximum absolute atomic E-state index is 11.9. The van der Waals surface area contributed by atoms with Crippen LogP contribution in [0.3, 0.4) is 0 Å². The Kier molecular flexibility index (Phi) is 5.95. The fourth-order valence-electron chi connectivity index (χ4n) is 1.77. The molecular formula is C15H27N3O4S. The van der Waals surface area contributed by atoms with Crippen LogP contribution in [0, 0.1) is 5.41 Å². The van der Waals surface area contributed by atoms with Crippen LogP contribution in [-0.4, -0.2) is 37.3 Å². The molecule has 0 atom stereocenters. The van der Waals surface area contributed by atoms with Gasteiger partial charge in [-0.15, -0.1) is 10.2 Å². The molecule has 1 heterocycles. The molecule has 1 aromatic rings. The average Bonchev–Trinajstić information content (AvgIpc) is 2.85. The summed E-state index contributed by atoms with van der Waals surface area (Å²) in [6.07, 6.45) is 4.04. The molecule has 1 aromatic heterocycles. The fraction of sp³-hybridized carbons (Fsp3) is 0.800. The van der Waals surface area contributed by atoms with E-state index in [0.29, 0.717) is 6.54 Å². The first kappa shape index (κ1) is 19.6. The summed E-state index contributed by atoms with van der Waals surface area (Å²) in [6, 6.07) is 0. The van der Waals surface area contributed by atoms with Crippen LogP contribution in [-0.2, 0) is 14.6 Å². The molecule has 8 heteroatoms. The topological polar surface area (TPSA) is 102 Å². The monoisotopic (exact) mass is 345 g/mol. The van der Waals surface area contributed by atoms with Gasteiger partial charge < -0.3 is 9.73 Å². The second kappa shape index (κ2) is 6.98. The van der Waals surface area contributed by atoms with Gasteiger partial charge >= 0.3 is 11.8 Å². The minimum atomic E-state index is -3.43. The highest BCUT2D eigenvalue weighted by atomic mass is 32.2. The van der Waals surface area contributed by atoms with E-state index in [0.717, 1.165) is 25.5 Å². The summed E-state index contributed by atoms with van der Waals surface area (Å²) < 4.78 is 27.4. The van der Waals surface area contributed by atoms with Gasteiger partial charge in [0.25, 0.3) is 0 Å². The Balaban J connectivity index is 2.57. The van der Waals surface area contributed by atoms with Gasteiger partial charge in [0.2, 0.25) is 5.89 Å². The van der Waals surface area contributed by atoms with Gasteiger partial charge in [-0.25, -0.2) is 8.42 Å². The zero-order valence-corrected chi connectivity index (χ0v) is 15.6. The summed E-state index contributed by atoms with van der Waals surface area (Å²) in [5.41, 5.74) is 0.280. The van der Waals surface area contributed by atoms with E-state index in [1.165, 1.54) is 13.8 Å². The van der Waals surface area contributed by atoms with Crippen LogP contribution < -0.4 is 5.32 Å². The number of amides is 1. The van der Waals surface area contributed by atoms with Crippen LogP contribution in [0.2, 0.25) is 0 Å². The number of nitrogens with one attached hydrogen (secondary N) is 1. The highest BCUT2D eigenvalue weighted by Gasteiger charge is 2.38. The van der Waals surface area contributed by atoms with Gasteiger partial charge in [-0.2, -0.15) is 0 Å². The van der Waals surface area contributed by atoms with E-state index >= 15 is 0 Å². The van der Waals surface area contributed by atoms with Crippen LogP contribution in [0.5, 0.6) is 0 Å². The number of unbranched alkanes of at least 4 members (excludes halogenated alkanes) is 1. The maximum Gasteiger partial charge on any atom is 0.308 e. The number of carbonyl (C=O) groups excluding carboxylic acids is 1. The number of hydrogen-bond donors (Lipinski definition) is 1. The average molecular weight is 345 g/mol. The Labute approximate surface area is 138 Å². The summed E-state index contributed by atoms with van der Waals surface area (Å²) in [6.45, 7) is 9.97. The Morgan fingerprint density at radius 3 is 2.26 bits per heavy atom. The van der Waals surface area contributed by atoms with Crippen molar-refractivity contribution < 1.29 is 17.6 Å². The first-order chi connectivity index (χ1) is 10.3. The van der Waals surface area contributed by atoms with E-state index in [4.69, 9.17) is 4.42 Å². The van der Waals surface area contributed by atoms with Crippen molar-refractivity contribution in [3.63, 3.8) is 0 Å². The van der Waals surface area contributed by atoms with E-state index in [1.54, 1.807) is 0 Å². The number of rotatable bonds is 7. The smallest absolute Gasteiger partial charge is 0.308 e. The summed E-state index contributed by atoms with van der Waals surface area (Å²) in [5, 5.41) is 10.0. The molecule has 132 valence electrons. The minimum Gasteiger partial charge on any atom is -0.415 e. The summed E-state index contributed by atoms with van der Waals surface area (Å²) in [7, 11) is -3.43. The SMILES string of the molecule is CC(C)(C)CCCCNC(=O)c1nnc(C(C)(C)S(C)(=O)=O)o1. The number of nitrogens with zero attached hydrogens (tertiary/aromatic N) is 2. The third-order valence-electron chi connectivity index (χ3n) is 3.70. The summed E-state index contributed by atoms with van der Waals surface area (Å²) in [4.78, 5) is 11.9. The fourth-order valence-corrected chi connectivity index (χ4v) is 2.17. The molecule has 0 saturated carbocycles. The molecule has 0 unspecified atom stereocenters. The predicted molar refractivity (Wildman–Crippen MR) is 87.8 cm³/mol. The van der Waals surface area contributed by atoms with Crippen molar-refractivity contribution in [1.82, 2.24) is 15.5 Å². The maximum atomic E-state index is 11.9. The van der Waals surface area contributed by atoms with Gasteiger partial charge in [-0.05, 0) is 32.1 Å². The molecule has 0 aliphatic rings. The molecule has 0 fully saturated rings. The van der Waals surface area contributed by atoms with Gasteiger partial charge in [0.05, 0.1) is 0 Å². The van der Waals surface area contributed by atoms with E-state index < -0.39 is 20.5 Å². The van der Waals surface area contributed by atoms with E-state index in [-0.39, 0.29) is 17.2 Å². The zero-order valence-electron chi connectivity index (χ0n) is 14.8. The third-order valence-corrected chi connectivity index (χ3v) is 5.73. The molecule has 0 bridgehead atoms. The van der Waals surface area contributed by atoms with Crippen molar-refractivity contribution >= 4 is 15.7 Å². The van der Waals surface area contributed by atoms with Crippen molar-refractivity contribution in [2.75, 3.05) is 12.8 Å². The summed E-state index contributed by atoms with van der Waals surface area (Å²) >= 11 is 0. The highest BCUT2D eigenvalue weighted by Crippen LogP contribution is 2.27. The molecule has 23 heavy (non-hydrogen) atoms. The van der Waals surface area contributed by atoms with Gasteiger partial charge in [0.15, 0.2) is 9.84 Å². The van der Waals surface area contributed by atoms with Crippen molar-refractivity contribution in [1.29, 1.82) is 0 Å². The van der Waals surface area contributed by atoms with E-state index in [2.05, 4.69) is 36.3 Å². The molecule has 0 aliphatic heterocycles. The molecule has 0 radical (unpaired) electrons. The van der Waals surface area contributed by atoms with Gasteiger partial charge in [-0.3, -0.25) is 4.79 Å². The largest absolute Gasteiger partial charge is 0.415 e. The number of sulfone groups is 1. The molecule has 0 saturated heterocycles.